The van der Waals surface area contributed by atoms with Gasteiger partial charge in [0.2, 0.25) is 0 Å². The molecule has 2 N–H and O–H groups in total. The van der Waals surface area contributed by atoms with Crippen molar-refractivity contribution in [2.24, 2.45) is 0 Å². The smallest absolute Gasteiger partial charge is 0.317 e. The Morgan fingerprint density at radius 3 is 2.67 bits per heavy atom. The molecular weight excluding hydrogens is 272 g/mol. The van der Waals surface area contributed by atoms with Gasteiger partial charge in [-0.3, -0.25) is 4.79 Å². The molecule has 1 fully saturated rings. The molecule has 0 aromatic heterocycles. The fraction of sp³-hybridized carbons (Fsp3) is 0.867. The predicted molar refractivity (Wildman–Crippen MR) is 80.3 cm³/mol. The lowest BCUT2D eigenvalue weighted by Gasteiger charge is -2.24. The van der Waals surface area contributed by atoms with E-state index in [-0.39, 0.29) is 18.6 Å². The Morgan fingerprint density at radius 1 is 1.29 bits per heavy atom. The van der Waals surface area contributed by atoms with Crippen molar-refractivity contribution in [3.8, 4) is 0 Å². The summed E-state index contributed by atoms with van der Waals surface area (Å²) in [6, 6.07) is -0.0291. The van der Waals surface area contributed by atoms with E-state index in [4.69, 9.17) is 9.84 Å². The molecule has 0 aromatic carbocycles. The molecule has 1 heterocycles. The number of carbonyl (C=O) groups excluding carboxylic acids is 1. The van der Waals surface area contributed by atoms with E-state index in [1.54, 1.807) is 4.90 Å². The van der Waals surface area contributed by atoms with Crippen molar-refractivity contribution in [1.82, 2.24) is 10.2 Å². The zero-order chi connectivity index (χ0) is 15.5. The summed E-state index contributed by atoms with van der Waals surface area (Å²) >= 11 is 0. The lowest BCUT2D eigenvalue weighted by molar-refractivity contribution is -0.137. The molecule has 21 heavy (non-hydrogen) atoms. The van der Waals surface area contributed by atoms with Crippen LogP contribution in [0.5, 0.6) is 0 Å². The molecule has 1 unspecified atom stereocenters. The fourth-order valence-corrected chi connectivity index (χ4v) is 2.45. The van der Waals surface area contributed by atoms with Crippen LogP contribution in [0, 0.1) is 0 Å². The van der Waals surface area contributed by atoms with Crippen molar-refractivity contribution in [2.75, 3.05) is 26.2 Å². The Morgan fingerprint density at radius 2 is 2.05 bits per heavy atom. The number of carbonyl (C=O) groups is 2. The number of carboxylic acid groups (broad SMARTS) is 1. The molecule has 0 spiro atoms. The summed E-state index contributed by atoms with van der Waals surface area (Å²) < 4.78 is 5.56. The van der Waals surface area contributed by atoms with Crippen molar-refractivity contribution in [1.29, 1.82) is 0 Å². The molecule has 1 saturated heterocycles. The Hall–Kier alpha value is -1.30. The number of carboxylic acids is 1. The minimum absolute atomic E-state index is 0.0291. The van der Waals surface area contributed by atoms with Crippen LogP contribution in [-0.2, 0) is 9.53 Å². The largest absolute Gasteiger partial charge is 0.481 e. The quantitative estimate of drug-likeness (QED) is 0.606. The highest BCUT2D eigenvalue weighted by Crippen LogP contribution is 2.13. The summed E-state index contributed by atoms with van der Waals surface area (Å²) in [5, 5.41) is 11.4. The molecule has 1 aliphatic heterocycles. The average Bonchev–Trinajstić information content (AvgIpc) is 2.96. The number of ether oxygens (including phenoxy) is 1. The Balaban J connectivity index is 2.06. The summed E-state index contributed by atoms with van der Waals surface area (Å²) in [6.45, 7) is 4.78. The second-order valence-corrected chi connectivity index (χ2v) is 5.46. The maximum atomic E-state index is 12.0. The topological polar surface area (TPSA) is 78.9 Å². The SMILES string of the molecule is CCN(CC1CCCO1)C(=O)NCCCCCCC(=O)O. The summed E-state index contributed by atoms with van der Waals surface area (Å²) in [7, 11) is 0. The molecule has 6 nitrogen and oxygen atoms in total. The summed E-state index contributed by atoms with van der Waals surface area (Å²) in [6.07, 6.45) is 5.99. The number of hydrogen-bond donors (Lipinski definition) is 2. The summed E-state index contributed by atoms with van der Waals surface area (Å²) in [5.41, 5.74) is 0. The zero-order valence-corrected chi connectivity index (χ0v) is 13.0. The van der Waals surface area contributed by atoms with Crippen molar-refractivity contribution in [2.45, 2.75) is 58.0 Å². The van der Waals surface area contributed by atoms with Crippen LogP contribution in [0.4, 0.5) is 4.79 Å². The molecule has 0 radical (unpaired) electrons. The summed E-state index contributed by atoms with van der Waals surface area (Å²) in [5.74, 6) is -0.740. The summed E-state index contributed by atoms with van der Waals surface area (Å²) in [4.78, 5) is 24.2. The van der Waals surface area contributed by atoms with Crippen LogP contribution in [-0.4, -0.2) is 54.4 Å². The maximum Gasteiger partial charge on any atom is 0.317 e. The first-order valence-electron chi connectivity index (χ1n) is 7.99. The third kappa shape index (κ3) is 7.90. The van der Waals surface area contributed by atoms with Gasteiger partial charge >= 0.3 is 12.0 Å². The van der Waals surface area contributed by atoms with Gasteiger partial charge in [-0.05, 0) is 32.6 Å². The Bertz CT molecular complexity index is 317. The first-order chi connectivity index (χ1) is 10.1. The first kappa shape index (κ1) is 17.8. The van der Waals surface area contributed by atoms with E-state index in [9.17, 15) is 9.59 Å². The van der Waals surface area contributed by atoms with E-state index in [1.807, 2.05) is 6.92 Å². The molecule has 0 saturated carbocycles. The molecule has 0 aliphatic carbocycles. The lowest BCUT2D eigenvalue weighted by Crippen LogP contribution is -2.43. The average molecular weight is 300 g/mol. The van der Waals surface area contributed by atoms with Gasteiger partial charge in [0.05, 0.1) is 6.10 Å². The molecule has 0 bridgehead atoms. The van der Waals surface area contributed by atoms with Crippen molar-refractivity contribution in [3.05, 3.63) is 0 Å². The molecular formula is C15H28N2O4. The number of hydrogen-bond acceptors (Lipinski definition) is 3. The molecule has 122 valence electrons. The number of rotatable bonds is 10. The second-order valence-electron chi connectivity index (χ2n) is 5.46. The maximum absolute atomic E-state index is 12.0. The van der Waals surface area contributed by atoms with Gasteiger partial charge in [-0.15, -0.1) is 0 Å². The van der Waals surface area contributed by atoms with Crippen molar-refractivity contribution < 1.29 is 19.4 Å². The van der Waals surface area contributed by atoms with E-state index in [2.05, 4.69) is 5.32 Å². The van der Waals surface area contributed by atoms with Gasteiger partial charge in [-0.1, -0.05) is 12.8 Å². The minimum Gasteiger partial charge on any atom is -0.481 e. The van der Waals surface area contributed by atoms with Crippen LogP contribution in [0.15, 0.2) is 0 Å². The van der Waals surface area contributed by atoms with E-state index in [0.29, 0.717) is 26.1 Å². The third-order valence-corrected chi connectivity index (χ3v) is 3.71. The number of amides is 2. The zero-order valence-electron chi connectivity index (χ0n) is 13.0. The van der Waals surface area contributed by atoms with Crippen LogP contribution < -0.4 is 5.32 Å². The van der Waals surface area contributed by atoms with Crippen LogP contribution in [0.25, 0.3) is 0 Å². The highest BCUT2D eigenvalue weighted by Gasteiger charge is 2.21. The van der Waals surface area contributed by atoms with Gasteiger partial charge in [0.25, 0.3) is 0 Å². The Labute approximate surface area is 126 Å². The number of urea groups is 1. The molecule has 6 heteroatoms. The first-order valence-corrected chi connectivity index (χ1v) is 7.99. The van der Waals surface area contributed by atoms with Crippen LogP contribution in [0.1, 0.15) is 51.9 Å². The number of unbranched alkanes of at least 4 members (excludes halogenated alkanes) is 3. The minimum atomic E-state index is -0.740. The van der Waals surface area contributed by atoms with E-state index in [0.717, 1.165) is 38.7 Å². The third-order valence-electron chi connectivity index (χ3n) is 3.71. The van der Waals surface area contributed by atoms with Gasteiger partial charge in [0.15, 0.2) is 0 Å². The number of aliphatic carboxylic acids is 1. The molecule has 1 rings (SSSR count). The monoisotopic (exact) mass is 300 g/mol. The van der Waals surface area contributed by atoms with Gasteiger partial charge in [0.1, 0.15) is 0 Å². The van der Waals surface area contributed by atoms with Crippen molar-refractivity contribution in [3.63, 3.8) is 0 Å². The van der Waals surface area contributed by atoms with E-state index in [1.165, 1.54) is 0 Å². The standard InChI is InChI=1S/C15H28N2O4/c1-2-17(12-13-8-7-11-21-13)15(20)16-10-6-4-3-5-9-14(18)19/h13H,2-12H2,1H3,(H,16,20)(H,18,19). The number of likely N-dealkylation sites (N-methyl/N-ethyl adjacent to an activating group) is 1. The highest BCUT2D eigenvalue weighted by molar-refractivity contribution is 5.74. The fourth-order valence-electron chi connectivity index (χ4n) is 2.45. The molecule has 1 atom stereocenters. The molecule has 0 aromatic rings. The van der Waals surface area contributed by atoms with Crippen LogP contribution >= 0.6 is 0 Å². The van der Waals surface area contributed by atoms with Gasteiger partial charge in [0, 0.05) is 32.7 Å². The normalized spacial score (nSPS) is 17.7. The van der Waals surface area contributed by atoms with E-state index < -0.39 is 5.97 Å². The van der Waals surface area contributed by atoms with Gasteiger partial charge in [-0.2, -0.15) is 0 Å². The molecule has 1 aliphatic rings. The van der Waals surface area contributed by atoms with Gasteiger partial charge < -0.3 is 20.1 Å². The van der Waals surface area contributed by atoms with Crippen molar-refractivity contribution >= 4 is 12.0 Å². The second kappa shape index (κ2) is 10.4. The van der Waals surface area contributed by atoms with Gasteiger partial charge in [-0.25, -0.2) is 4.79 Å². The lowest BCUT2D eigenvalue weighted by atomic mass is 10.1. The van der Waals surface area contributed by atoms with E-state index >= 15 is 0 Å². The van der Waals surface area contributed by atoms with Crippen LogP contribution in [0.3, 0.4) is 0 Å². The number of nitrogens with one attached hydrogen (secondary N) is 1. The number of nitrogens with zero attached hydrogens (tertiary/aromatic N) is 1. The highest BCUT2D eigenvalue weighted by atomic mass is 16.5. The molecule has 2 amide bonds. The Kier molecular flexibility index (Phi) is 8.82. The van der Waals surface area contributed by atoms with Crippen LogP contribution in [0.2, 0.25) is 0 Å². The predicted octanol–water partition coefficient (Wildman–Crippen LogP) is 2.23.